The van der Waals surface area contributed by atoms with Crippen LogP contribution in [0, 0.1) is 11.8 Å². The first kappa shape index (κ1) is 14.1. The molecule has 0 aromatic carbocycles. The summed E-state index contributed by atoms with van der Waals surface area (Å²) in [5.74, 6) is -0.514. The number of rotatable bonds is 5. The molecule has 2 unspecified atom stereocenters. The minimum absolute atomic E-state index is 0.168. The molecule has 1 saturated carbocycles. The molecule has 2 atom stereocenters. The second-order valence-corrected chi connectivity index (χ2v) is 5.49. The van der Waals surface area contributed by atoms with Crippen molar-refractivity contribution in [3.63, 3.8) is 0 Å². The van der Waals surface area contributed by atoms with Gasteiger partial charge in [0.05, 0.1) is 11.6 Å². The zero-order valence-electron chi connectivity index (χ0n) is 11.9. The van der Waals surface area contributed by atoms with E-state index >= 15 is 0 Å². The Balaban J connectivity index is 2.14. The summed E-state index contributed by atoms with van der Waals surface area (Å²) in [5, 5.41) is 13.9. The Hall–Kier alpha value is -1.32. The average Bonchev–Trinajstić information content (AvgIpc) is 2.81. The zero-order valence-corrected chi connectivity index (χ0v) is 11.9. The van der Waals surface area contributed by atoms with Gasteiger partial charge in [-0.2, -0.15) is 5.10 Å². The third-order valence-corrected chi connectivity index (χ3v) is 4.27. The third kappa shape index (κ3) is 3.17. The third-order valence-electron chi connectivity index (χ3n) is 4.27. The van der Waals surface area contributed by atoms with Gasteiger partial charge in [0.2, 0.25) is 0 Å². The molecule has 106 valence electrons. The van der Waals surface area contributed by atoms with Crippen LogP contribution in [0.1, 0.15) is 50.9 Å². The van der Waals surface area contributed by atoms with E-state index in [1.807, 2.05) is 4.68 Å². The molecule has 1 aliphatic carbocycles. The number of hydrogen-bond donors (Lipinski definition) is 1. The highest BCUT2D eigenvalue weighted by molar-refractivity contribution is 5.70. The molecule has 1 fully saturated rings. The minimum atomic E-state index is -0.622. The van der Waals surface area contributed by atoms with E-state index in [2.05, 4.69) is 25.0 Å². The molecular weight excluding hydrogens is 240 g/mol. The van der Waals surface area contributed by atoms with Crippen molar-refractivity contribution < 1.29 is 9.90 Å². The van der Waals surface area contributed by atoms with Gasteiger partial charge < -0.3 is 5.11 Å². The van der Waals surface area contributed by atoms with Gasteiger partial charge in [-0.15, -0.1) is 0 Å². The summed E-state index contributed by atoms with van der Waals surface area (Å²) in [5.41, 5.74) is 2.32. The van der Waals surface area contributed by atoms with Gasteiger partial charge in [0.25, 0.3) is 0 Å². The van der Waals surface area contributed by atoms with Crippen LogP contribution in [-0.4, -0.2) is 20.9 Å². The van der Waals surface area contributed by atoms with Gasteiger partial charge in [0.15, 0.2) is 0 Å². The van der Waals surface area contributed by atoms with Crippen LogP contribution < -0.4 is 0 Å². The lowest BCUT2D eigenvalue weighted by molar-refractivity contribution is -0.144. The molecule has 0 bridgehead atoms. The molecule has 1 N–H and O–H groups in total. The van der Waals surface area contributed by atoms with E-state index < -0.39 is 5.97 Å². The lowest BCUT2D eigenvalue weighted by atomic mass is 9.77. The number of carboxylic acid groups (broad SMARTS) is 1. The van der Waals surface area contributed by atoms with Crippen molar-refractivity contribution in [2.45, 2.75) is 58.9 Å². The van der Waals surface area contributed by atoms with E-state index in [4.69, 9.17) is 0 Å². The van der Waals surface area contributed by atoms with Crippen LogP contribution in [0.3, 0.4) is 0 Å². The monoisotopic (exact) mass is 264 g/mol. The Kier molecular flexibility index (Phi) is 4.61. The maximum absolute atomic E-state index is 11.3. The topological polar surface area (TPSA) is 55.1 Å². The minimum Gasteiger partial charge on any atom is -0.481 e. The molecule has 1 aromatic rings. The Labute approximate surface area is 114 Å². The highest BCUT2D eigenvalue weighted by Gasteiger charge is 2.31. The van der Waals surface area contributed by atoms with Gasteiger partial charge >= 0.3 is 5.97 Å². The molecule has 1 heterocycles. The van der Waals surface area contributed by atoms with Crippen LogP contribution in [0.2, 0.25) is 0 Å². The van der Waals surface area contributed by atoms with Crippen molar-refractivity contribution in [1.29, 1.82) is 0 Å². The number of carboxylic acids is 1. The van der Waals surface area contributed by atoms with Crippen molar-refractivity contribution >= 4 is 5.97 Å². The molecule has 1 aliphatic rings. The molecule has 0 spiro atoms. The molecular formula is C15H24N2O2. The standard InChI is InChI=1S/C15H24N2O2/c1-3-12-10-13(17(4-2)16-12)9-11-7-5-6-8-14(11)15(18)19/h10-11,14H,3-9H2,1-2H3,(H,18,19). The lowest BCUT2D eigenvalue weighted by Gasteiger charge is -2.28. The zero-order chi connectivity index (χ0) is 13.8. The van der Waals surface area contributed by atoms with Crippen LogP contribution in [0.4, 0.5) is 0 Å². The summed E-state index contributed by atoms with van der Waals surface area (Å²) in [6.45, 7) is 5.05. The van der Waals surface area contributed by atoms with E-state index in [-0.39, 0.29) is 11.8 Å². The lowest BCUT2D eigenvalue weighted by Crippen LogP contribution is -2.29. The van der Waals surface area contributed by atoms with Crippen LogP contribution >= 0.6 is 0 Å². The second-order valence-electron chi connectivity index (χ2n) is 5.49. The molecule has 0 amide bonds. The van der Waals surface area contributed by atoms with Crippen molar-refractivity contribution in [2.24, 2.45) is 11.8 Å². The van der Waals surface area contributed by atoms with Gasteiger partial charge in [-0.05, 0) is 44.6 Å². The highest BCUT2D eigenvalue weighted by Crippen LogP contribution is 2.33. The van der Waals surface area contributed by atoms with E-state index in [1.54, 1.807) is 0 Å². The molecule has 0 saturated heterocycles. The predicted octanol–water partition coefficient (Wildman–Crippen LogP) is 2.90. The van der Waals surface area contributed by atoms with Crippen molar-refractivity contribution in [3.05, 3.63) is 17.5 Å². The number of carbonyl (C=O) groups is 1. The summed E-state index contributed by atoms with van der Waals surface area (Å²) in [6, 6.07) is 2.15. The quantitative estimate of drug-likeness (QED) is 0.889. The van der Waals surface area contributed by atoms with E-state index in [1.165, 1.54) is 5.69 Å². The summed E-state index contributed by atoms with van der Waals surface area (Å²) >= 11 is 0. The largest absolute Gasteiger partial charge is 0.481 e. The Bertz CT molecular complexity index is 439. The first-order valence-corrected chi connectivity index (χ1v) is 7.44. The number of nitrogens with zero attached hydrogens (tertiary/aromatic N) is 2. The fraction of sp³-hybridized carbons (Fsp3) is 0.733. The molecule has 4 nitrogen and oxygen atoms in total. The smallest absolute Gasteiger partial charge is 0.306 e. The van der Waals surface area contributed by atoms with Crippen LogP contribution in [-0.2, 0) is 24.2 Å². The van der Waals surface area contributed by atoms with Gasteiger partial charge in [-0.3, -0.25) is 9.48 Å². The average molecular weight is 264 g/mol. The SMILES string of the molecule is CCc1cc(CC2CCCCC2C(=O)O)n(CC)n1. The maximum atomic E-state index is 11.3. The normalized spacial score (nSPS) is 23.5. The number of aromatic nitrogens is 2. The van der Waals surface area contributed by atoms with Crippen LogP contribution in [0.25, 0.3) is 0 Å². The van der Waals surface area contributed by atoms with Crippen molar-refractivity contribution in [1.82, 2.24) is 9.78 Å². The van der Waals surface area contributed by atoms with Gasteiger partial charge in [-0.25, -0.2) is 0 Å². The molecule has 0 aliphatic heterocycles. The fourth-order valence-electron chi connectivity index (χ4n) is 3.17. The Morgan fingerprint density at radius 2 is 2.16 bits per heavy atom. The number of aliphatic carboxylic acids is 1. The second kappa shape index (κ2) is 6.22. The summed E-state index contributed by atoms with van der Waals surface area (Å²) in [6.07, 6.45) is 5.88. The van der Waals surface area contributed by atoms with Gasteiger partial charge in [-0.1, -0.05) is 19.8 Å². The Morgan fingerprint density at radius 1 is 1.42 bits per heavy atom. The molecule has 19 heavy (non-hydrogen) atoms. The fourth-order valence-corrected chi connectivity index (χ4v) is 3.17. The Morgan fingerprint density at radius 3 is 2.79 bits per heavy atom. The van der Waals surface area contributed by atoms with Crippen LogP contribution in [0.15, 0.2) is 6.07 Å². The summed E-state index contributed by atoms with van der Waals surface area (Å²) < 4.78 is 2.03. The van der Waals surface area contributed by atoms with Gasteiger partial charge in [0.1, 0.15) is 0 Å². The van der Waals surface area contributed by atoms with Crippen molar-refractivity contribution in [2.75, 3.05) is 0 Å². The van der Waals surface area contributed by atoms with Crippen LogP contribution in [0.5, 0.6) is 0 Å². The molecule has 2 rings (SSSR count). The molecule has 1 aromatic heterocycles. The van der Waals surface area contributed by atoms with E-state index in [9.17, 15) is 9.90 Å². The first-order valence-electron chi connectivity index (χ1n) is 7.44. The number of hydrogen-bond acceptors (Lipinski definition) is 2. The first-order chi connectivity index (χ1) is 9.15. The van der Waals surface area contributed by atoms with E-state index in [0.29, 0.717) is 0 Å². The summed E-state index contributed by atoms with van der Waals surface area (Å²) in [7, 11) is 0. The molecule has 0 radical (unpaired) electrons. The predicted molar refractivity (Wildman–Crippen MR) is 74.1 cm³/mol. The maximum Gasteiger partial charge on any atom is 0.306 e. The van der Waals surface area contributed by atoms with Gasteiger partial charge in [0, 0.05) is 12.2 Å². The molecule has 4 heteroatoms. The number of aryl methyl sites for hydroxylation is 2. The van der Waals surface area contributed by atoms with E-state index in [0.717, 1.165) is 50.8 Å². The summed E-state index contributed by atoms with van der Waals surface area (Å²) in [4.78, 5) is 11.3. The highest BCUT2D eigenvalue weighted by atomic mass is 16.4. The van der Waals surface area contributed by atoms with Crippen molar-refractivity contribution in [3.8, 4) is 0 Å².